The van der Waals surface area contributed by atoms with E-state index in [1.54, 1.807) is 0 Å². The van der Waals surface area contributed by atoms with E-state index < -0.39 is 0 Å². The fourth-order valence-electron chi connectivity index (χ4n) is 3.24. The molecule has 3 aromatic rings. The zero-order valence-electron chi connectivity index (χ0n) is 12.2. The number of aryl methyl sites for hydroxylation is 1. The minimum Gasteiger partial charge on any atom is -0.0742 e. The van der Waals surface area contributed by atoms with Crippen LogP contribution in [0.15, 0.2) is 48.5 Å². The van der Waals surface area contributed by atoms with E-state index in [-0.39, 0.29) is 3.42 Å². The zero-order chi connectivity index (χ0) is 14.3. The van der Waals surface area contributed by atoms with Crippen molar-refractivity contribution < 1.29 is 0 Å². The second-order valence-corrected chi connectivity index (χ2v) is 8.47. The predicted molar refractivity (Wildman–Crippen MR) is 97.9 cm³/mol. The number of hydrogen-bond donors (Lipinski definition) is 0. The molecule has 102 valence electrons. The van der Waals surface area contributed by atoms with E-state index in [1.165, 1.54) is 32.7 Å². The molecular formula is C19H19I. The molecule has 0 aliphatic carbocycles. The number of alkyl halides is 1. The number of fused-ring (bicyclic) bond motifs is 2. The monoisotopic (exact) mass is 374 g/mol. The van der Waals surface area contributed by atoms with Crippen LogP contribution in [0.2, 0.25) is 0 Å². The first-order valence-electron chi connectivity index (χ1n) is 7.15. The molecule has 0 spiro atoms. The van der Waals surface area contributed by atoms with Gasteiger partial charge in [-0.3, -0.25) is 0 Å². The minimum absolute atomic E-state index is 0.114. The Hall–Kier alpha value is -1.09. The maximum atomic E-state index is 2.56. The third kappa shape index (κ3) is 2.12. The van der Waals surface area contributed by atoms with Crippen molar-refractivity contribution in [3.8, 4) is 0 Å². The lowest BCUT2D eigenvalue weighted by Crippen LogP contribution is -2.09. The predicted octanol–water partition coefficient (Wildman–Crippen LogP) is 6.23. The molecule has 0 fully saturated rings. The van der Waals surface area contributed by atoms with Crippen molar-refractivity contribution in [2.24, 2.45) is 0 Å². The smallest absolute Gasteiger partial charge is 0.0426 e. The summed E-state index contributed by atoms with van der Waals surface area (Å²) in [5.41, 5.74) is 2.93. The lowest BCUT2D eigenvalue weighted by molar-refractivity contribution is 0.844. The van der Waals surface area contributed by atoms with Crippen molar-refractivity contribution in [3.05, 3.63) is 59.7 Å². The molecule has 3 aromatic carbocycles. The number of hydrogen-bond acceptors (Lipinski definition) is 0. The van der Waals surface area contributed by atoms with Crippen LogP contribution in [-0.4, -0.2) is 0 Å². The normalized spacial score (nSPS) is 12.2. The molecule has 0 saturated carbocycles. The zero-order valence-corrected chi connectivity index (χ0v) is 14.4. The van der Waals surface area contributed by atoms with Crippen LogP contribution < -0.4 is 0 Å². The molecule has 0 saturated heterocycles. The molecule has 0 atom stereocenters. The molecule has 0 unspecified atom stereocenters. The summed E-state index contributed by atoms with van der Waals surface area (Å²) in [4.78, 5) is 0. The first-order valence-corrected chi connectivity index (χ1v) is 8.23. The molecular weight excluding hydrogens is 355 g/mol. The summed E-state index contributed by atoms with van der Waals surface area (Å²) in [6.07, 6.45) is 1.07. The first kappa shape index (κ1) is 13.9. The Morgan fingerprint density at radius 3 is 1.55 bits per heavy atom. The molecule has 0 aromatic heterocycles. The Labute approximate surface area is 134 Å². The van der Waals surface area contributed by atoms with Gasteiger partial charge in [-0.05, 0) is 52.9 Å². The molecule has 20 heavy (non-hydrogen) atoms. The van der Waals surface area contributed by atoms with Gasteiger partial charge in [0.05, 0.1) is 0 Å². The standard InChI is InChI=1S/C19H19I/c1-4-13-14-9-5-7-11-16(14)18(19(2,3)20)17-12-8-6-10-15(13)17/h5-12H,4H2,1-3H3. The van der Waals surface area contributed by atoms with E-state index >= 15 is 0 Å². The molecule has 1 heteroatoms. The van der Waals surface area contributed by atoms with Crippen LogP contribution in [-0.2, 0) is 9.84 Å². The van der Waals surface area contributed by atoms with Gasteiger partial charge < -0.3 is 0 Å². The minimum atomic E-state index is 0.114. The molecule has 0 heterocycles. The summed E-state index contributed by atoms with van der Waals surface area (Å²) in [5.74, 6) is 0. The molecule has 0 nitrogen and oxygen atoms in total. The average molecular weight is 374 g/mol. The molecule has 0 radical (unpaired) electrons. The summed E-state index contributed by atoms with van der Waals surface area (Å²) < 4.78 is 0.114. The molecule has 0 amide bonds. The molecule has 0 bridgehead atoms. The third-order valence-corrected chi connectivity index (χ3v) is 4.53. The van der Waals surface area contributed by atoms with Crippen LogP contribution in [0, 0.1) is 0 Å². The van der Waals surface area contributed by atoms with Crippen LogP contribution >= 0.6 is 22.6 Å². The van der Waals surface area contributed by atoms with E-state index in [9.17, 15) is 0 Å². The highest BCUT2D eigenvalue weighted by atomic mass is 127. The Balaban J connectivity index is 2.63. The van der Waals surface area contributed by atoms with Crippen LogP contribution in [0.4, 0.5) is 0 Å². The summed E-state index contributed by atoms with van der Waals surface area (Å²) in [7, 11) is 0. The van der Waals surface area contributed by atoms with Gasteiger partial charge in [0.1, 0.15) is 0 Å². The fourth-order valence-corrected chi connectivity index (χ4v) is 3.82. The summed E-state index contributed by atoms with van der Waals surface area (Å²) in [5, 5.41) is 5.63. The summed E-state index contributed by atoms with van der Waals surface area (Å²) >= 11 is 2.56. The van der Waals surface area contributed by atoms with Crippen molar-refractivity contribution in [2.75, 3.05) is 0 Å². The van der Waals surface area contributed by atoms with Gasteiger partial charge in [-0.2, -0.15) is 0 Å². The van der Waals surface area contributed by atoms with Crippen molar-refractivity contribution in [1.29, 1.82) is 0 Å². The van der Waals surface area contributed by atoms with Crippen molar-refractivity contribution in [1.82, 2.24) is 0 Å². The Kier molecular flexibility index (Phi) is 3.49. The maximum absolute atomic E-state index is 2.56. The van der Waals surface area contributed by atoms with Gasteiger partial charge in [0.25, 0.3) is 0 Å². The van der Waals surface area contributed by atoms with E-state index in [4.69, 9.17) is 0 Å². The largest absolute Gasteiger partial charge is 0.0742 e. The average Bonchev–Trinajstić information content (AvgIpc) is 2.43. The topological polar surface area (TPSA) is 0 Å². The SMILES string of the molecule is CCc1c2ccccc2c(C(C)(C)I)c2ccccc12. The number of benzene rings is 3. The Bertz CT molecular complexity index is 722. The molecule has 0 N–H and O–H groups in total. The Morgan fingerprint density at radius 2 is 1.20 bits per heavy atom. The summed E-state index contributed by atoms with van der Waals surface area (Å²) in [6, 6.07) is 17.7. The van der Waals surface area contributed by atoms with Gasteiger partial charge >= 0.3 is 0 Å². The van der Waals surface area contributed by atoms with Gasteiger partial charge in [0.2, 0.25) is 0 Å². The number of rotatable bonds is 2. The van der Waals surface area contributed by atoms with E-state index in [0.717, 1.165) is 6.42 Å². The van der Waals surface area contributed by atoms with E-state index in [0.29, 0.717) is 0 Å². The van der Waals surface area contributed by atoms with Crippen LogP contribution in [0.3, 0.4) is 0 Å². The lowest BCUT2D eigenvalue weighted by atomic mass is 9.86. The van der Waals surface area contributed by atoms with Gasteiger partial charge in [-0.15, -0.1) is 0 Å². The quantitative estimate of drug-likeness (QED) is 0.284. The van der Waals surface area contributed by atoms with Crippen molar-refractivity contribution in [2.45, 2.75) is 30.6 Å². The number of halogens is 1. The van der Waals surface area contributed by atoms with Gasteiger partial charge in [0, 0.05) is 3.42 Å². The summed E-state index contributed by atoms with van der Waals surface area (Å²) in [6.45, 7) is 6.85. The highest BCUT2D eigenvalue weighted by Crippen LogP contribution is 2.42. The Morgan fingerprint density at radius 1 is 0.800 bits per heavy atom. The van der Waals surface area contributed by atoms with E-state index in [2.05, 4.69) is 91.9 Å². The second-order valence-electron chi connectivity index (χ2n) is 5.77. The van der Waals surface area contributed by atoms with Gasteiger partial charge in [0.15, 0.2) is 0 Å². The first-order chi connectivity index (χ1) is 9.54. The van der Waals surface area contributed by atoms with E-state index in [1.807, 2.05) is 0 Å². The highest BCUT2D eigenvalue weighted by molar-refractivity contribution is 14.1. The third-order valence-electron chi connectivity index (χ3n) is 3.99. The van der Waals surface area contributed by atoms with Crippen molar-refractivity contribution >= 4 is 44.1 Å². The van der Waals surface area contributed by atoms with Gasteiger partial charge in [-0.25, -0.2) is 0 Å². The van der Waals surface area contributed by atoms with Gasteiger partial charge in [-0.1, -0.05) is 78.0 Å². The molecule has 0 aliphatic heterocycles. The van der Waals surface area contributed by atoms with Crippen LogP contribution in [0.25, 0.3) is 21.5 Å². The lowest BCUT2D eigenvalue weighted by Gasteiger charge is -2.24. The molecule has 0 aliphatic rings. The fraction of sp³-hybridized carbons (Fsp3) is 0.263. The van der Waals surface area contributed by atoms with Crippen LogP contribution in [0.5, 0.6) is 0 Å². The molecule has 3 rings (SSSR count). The second kappa shape index (κ2) is 5.03. The van der Waals surface area contributed by atoms with Crippen molar-refractivity contribution in [3.63, 3.8) is 0 Å². The van der Waals surface area contributed by atoms with Crippen LogP contribution in [0.1, 0.15) is 31.9 Å². The highest BCUT2D eigenvalue weighted by Gasteiger charge is 2.23. The maximum Gasteiger partial charge on any atom is 0.0426 e.